The number of hydrogen-bond donors (Lipinski definition) is 0. The van der Waals surface area contributed by atoms with E-state index in [0.29, 0.717) is 25.2 Å². The quantitative estimate of drug-likeness (QED) is 0.742. The molecule has 0 N–H and O–H groups in total. The fourth-order valence-corrected chi connectivity index (χ4v) is 1.57. The Kier molecular flexibility index (Phi) is 4.96. The molecule has 0 aliphatic carbocycles. The molecule has 1 rings (SSSR count). The molecule has 0 unspecified atom stereocenters. The molecule has 0 aromatic heterocycles. The summed E-state index contributed by atoms with van der Waals surface area (Å²) in [7, 11) is 0. The first-order valence-corrected chi connectivity index (χ1v) is 5.54. The number of aryl methyl sites for hydroxylation is 1. The van der Waals surface area contributed by atoms with Gasteiger partial charge in [0.2, 0.25) is 0 Å². The first-order chi connectivity index (χ1) is 7.63. The van der Waals surface area contributed by atoms with Gasteiger partial charge in [0, 0.05) is 6.42 Å². The number of ether oxygens (including phenoxy) is 1. The Morgan fingerprint density at radius 1 is 1.44 bits per heavy atom. The van der Waals surface area contributed by atoms with E-state index in [0.717, 1.165) is 12.0 Å². The minimum Gasteiger partial charge on any atom is -0.494 e. The van der Waals surface area contributed by atoms with Crippen LogP contribution in [0.5, 0.6) is 5.75 Å². The summed E-state index contributed by atoms with van der Waals surface area (Å²) < 4.78 is 18.4. The Hall–Kier alpha value is -1.38. The number of benzene rings is 1. The van der Waals surface area contributed by atoms with Crippen molar-refractivity contribution in [3.05, 3.63) is 29.6 Å². The van der Waals surface area contributed by atoms with E-state index < -0.39 is 0 Å². The van der Waals surface area contributed by atoms with Crippen LogP contribution in [0.25, 0.3) is 0 Å². The molecular weight excluding hydrogens is 207 g/mol. The van der Waals surface area contributed by atoms with Gasteiger partial charge in [0.05, 0.1) is 6.61 Å². The summed E-state index contributed by atoms with van der Waals surface area (Å²) in [5, 5.41) is 0. The van der Waals surface area contributed by atoms with Crippen molar-refractivity contribution in [2.75, 3.05) is 6.61 Å². The number of ketones is 1. The second kappa shape index (κ2) is 6.26. The lowest BCUT2D eigenvalue weighted by molar-refractivity contribution is -0.117. The maximum Gasteiger partial charge on any atom is 0.129 e. The van der Waals surface area contributed by atoms with Gasteiger partial charge in [0.15, 0.2) is 0 Å². The van der Waals surface area contributed by atoms with E-state index in [1.165, 1.54) is 12.1 Å². The molecule has 0 atom stereocenters. The molecule has 0 fully saturated rings. The number of Topliss-reactive ketones (excluding diaryl/α,β-unsaturated/α-hetero) is 1. The molecule has 1 aromatic carbocycles. The van der Waals surface area contributed by atoms with Gasteiger partial charge in [-0.3, -0.25) is 0 Å². The van der Waals surface area contributed by atoms with Crippen LogP contribution < -0.4 is 4.74 Å². The second-order valence-electron chi connectivity index (χ2n) is 3.74. The highest BCUT2D eigenvalue weighted by molar-refractivity contribution is 5.75. The van der Waals surface area contributed by atoms with Gasteiger partial charge < -0.3 is 9.53 Å². The Morgan fingerprint density at radius 2 is 2.19 bits per heavy atom. The van der Waals surface area contributed by atoms with Crippen LogP contribution in [0.15, 0.2) is 18.2 Å². The maximum absolute atomic E-state index is 13.1. The minimum atomic E-state index is -0.263. The molecule has 1 aromatic rings. The Morgan fingerprint density at radius 3 is 2.81 bits per heavy atom. The summed E-state index contributed by atoms with van der Waals surface area (Å²) in [6.07, 6.45) is 1.94. The zero-order valence-electron chi connectivity index (χ0n) is 9.75. The van der Waals surface area contributed by atoms with Crippen molar-refractivity contribution in [1.82, 2.24) is 0 Å². The van der Waals surface area contributed by atoms with Crippen LogP contribution in [0.2, 0.25) is 0 Å². The van der Waals surface area contributed by atoms with Crippen LogP contribution in [0, 0.1) is 5.82 Å². The molecule has 0 radical (unpaired) electrons. The van der Waals surface area contributed by atoms with Crippen LogP contribution in [0.4, 0.5) is 4.39 Å². The van der Waals surface area contributed by atoms with E-state index in [1.807, 2.05) is 6.92 Å². The SMILES string of the molecule is CCOc1ccc(F)cc1CCCC(C)=O. The fraction of sp³-hybridized carbons (Fsp3) is 0.462. The Labute approximate surface area is 95.4 Å². The van der Waals surface area contributed by atoms with Gasteiger partial charge in [0.1, 0.15) is 17.3 Å². The molecular formula is C13H17FO2. The lowest BCUT2D eigenvalue weighted by atomic mass is 10.1. The lowest BCUT2D eigenvalue weighted by Gasteiger charge is -2.09. The van der Waals surface area contributed by atoms with Crippen LogP contribution in [-0.4, -0.2) is 12.4 Å². The fourth-order valence-electron chi connectivity index (χ4n) is 1.57. The highest BCUT2D eigenvalue weighted by atomic mass is 19.1. The highest BCUT2D eigenvalue weighted by Gasteiger charge is 2.05. The molecule has 0 amide bonds. The van der Waals surface area contributed by atoms with Gasteiger partial charge in [-0.15, -0.1) is 0 Å². The summed E-state index contributed by atoms with van der Waals surface area (Å²) in [6, 6.07) is 4.51. The van der Waals surface area contributed by atoms with Gasteiger partial charge in [-0.05, 0) is 50.5 Å². The third-order valence-electron chi connectivity index (χ3n) is 2.30. The molecule has 3 heteroatoms. The minimum absolute atomic E-state index is 0.161. The predicted octanol–water partition coefficient (Wildman–Crippen LogP) is 3.14. The molecule has 2 nitrogen and oxygen atoms in total. The van der Waals surface area contributed by atoms with Crippen LogP contribution in [0.3, 0.4) is 0 Å². The van der Waals surface area contributed by atoms with Gasteiger partial charge >= 0.3 is 0 Å². The summed E-state index contributed by atoms with van der Waals surface area (Å²) in [5.74, 6) is 0.614. The lowest BCUT2D eigenvalue weighted by Crippen LogP contribution is -1.99. The molecule has 0 spiro atoms. The van der Waals surface area contributed by atoms with E-state index in [4.69, 9.17) is 4.74 Å². The summed E-state index contributed by atoms with van der Waals surface area (Å²) in [4.78, 5) is 10.8. The van der Waals surface area contributed by atoms with Crippen molar-refractivity contribution in [2.24, 2.45) is 0 Å². The number of carbonyl (C=O) groups is 1. The van der Waals surface area contributed by atoms with E-state index in [9.17, 15) is 9.18 Å². The molecule has 88 valence electrons. The molecule has 0 saturated carbocycles. The Bertz CT molecular complexity index is 361. The molecule has 0 aliphatic heterocycles. The monoisotopic (exact) mass is 224 g/mol. The molecule has 16 heavy (non-hydrogen) atoms. The number of halogens is 1. The van der Waals surface area contributed by atoms with Crippen molar-refractivity contribution in [2.45, 2.75) is 33.1 Å². The number of rotatable bonds is 6. The van der Waals surface area contributed by atoms with Gasteiger partial charge in [0.25, 0.3) is 0 Å². The molecule has 0 aliphatic rings. The van der Waals surface area contributed by atoms with Crippen molar-refractivity contribution in [3.63, 3.8) is 0 Å². The topological polar surface area (TPSA) is 26.3 Å². The summed E-state index contributed by atoms with van der Waals surface area (Å²) >= 11 is 0. The molecule has 0 saturated heterocycles. The van der Waals surface area contributed by atoms with Crippen molar-refractivity contribution in [3.8, 4) is 5.75 Å². The zero-order chi connectivity index (χ0) is 12.0. The van der Waals surface area contributed by atoms with Crippen molar-refractivity contribution in [1.29, 1.82) is 0 Å². The van der Waals surface area contributed by atoms with Crippen LogP contribution in [0.1, 0.15) is 32.3 Å². The average Bonchev–Trinajstić information content (AvgIpc) is 2.21. The smallest absolute Gasteiger partial charge is 0.129 e. The predicted molar refractivity (Wildman–Crippen MR) is 61.2 cm³/mol. The van der Waals surface area contributed by atoms with Gasteiger partial charge in [-0.2, -0.15) is 0 Å². The van der Waals surface area contributed by atoms with Crippen LogP contribution >= 0.6 is 0 Å². The molecule has 0 bridgehead atoms. The van der Waals surface area contributed by atoms with E-state index >= 15 is 0 Å². The Balaban J connectivity index is 2.67. The largest absolute Gasteiger partial charge is 0.494 e. The number of carbonyl (C=O) groups excluding carboxylic acids is 1. The molecule has 0 heterocycles. The zero-order valence-corrected chi connectivity index (χ0v) is 9.75. The highest BCUT2D eigenvalue weighted by Crippen LogP contribution is 2.21. The number of hydrogen-bond acceptors (Lipinski definition) is 2. The normalized spacial score (nSPS) is 10.2. The van der Waals surface area contributed by atoms with Crippen molar-refractivity contribution >= 4 is 5.78 Å². The maximum atomic E-state index is 13.1. The van der Waals surface area contributed by atoms with E-state index in [1.54, 1.807) is 13.0 Å². The van der Waals surface area contributed by atoms with Crippen molar-refractivity contribution < 1.29 is 13.9 Å². The third kappa shape index (κ3) is 4.01. The third-order valence-corrected chi connectivity index (χ3v) is 2.30. The van der Waals surface area contributed by atoms with E-state index in [-0.39, 0.29) is 11.6 Å². The second-order valence-corrected chi connectivity index (χ2v) is 3.74. The first-order valence-electron chi connectivity index (χ1n) is 5.54. The summed E-state index contributed by atoms with van der Waals surface area (Å²) in [5.41, 5.74) is 0.836. The van der Waals surface area contributed by atoms with Gasteiger partial charge in [-0.25, -0.2) is 4.39 Å². The van der Waals surface area contributed by atoms with Gasteiger partial charge in [-0.1, -0.05) is 0 Å². The summed E-state index contributed by atoms with van der Waals surface area (Å²) in [6.45, 7) is 4.02. The average molecular weight is 224 g/mol. The van der Waals surface area contributed by atoms with Crippen LogP contribution in [-0.2, 0) is 11.2 Å². The first kappa shape index (κ1) is 12.7. The standard InChI is InChI=1S/C13H17FO2/c1-3-16-13-8-7-12(14)9-11(13)6-4-5-10(2)15/h7-9H,3-6H2,1-2H3. The van der Waals surface area contributed by atoms with E-state index in [2.05, 4.69) is 0 Å².